The molecule has 0 spiro atoms. The molecule has 4 N–H and O–H groups in total. The van der Waals surface area contributed by atoms with Gasteiger partial charge >= 0.3 is 0 Å². The number of hydrogen-bond donors (Lipinski definition) is 4. The summed E-state index contributed by atoms with van der Waals surface area (Å²) in [7, 11) is 3.18. The predicted octanol–water partition coefficient (Wildman–Crippen LogP) is 2.16. The van der Waals surface area contributed by atoms with Crippen LogP contribution in [-0.2, 0) is 9.59 Å². The number of phenols is 1. The average molecular weight is 422 g/mol. The Bertz CT molecular complexity index is 1030. The lowest BCUT2D eigenvalue weighted by Gasteiger charge is -2.25. The summed E-state index contributed by atoms with van der Waals surface area (Å²) in [5.74, 6) is -0.937. The van der Waals surface area contributed by atoms with E-state index < -0.39 is 0 Å². The number of allylic oxidation sites excluding steroid dienone is 2. The van der Waals surface area contributed by atoms with Crippen molar-refractivity contribution in [1.29, 1.82) is 0 Å². The van der Waals surface area contributed by atoms with Crippen LogP contribution in [0.15, 0.2) is 59.9 Å². The number of Topliss-reactive ketones (excluding diaryl/α,β-unsaturated/α-hetero) is 1. The summed E-state index contributed by atoms with van der Waals surface area (Å²) in [6.45, 7) is 1.91. The lowest BCUT2D eigenvalue weighted by Crippen LogP contribution is -2.39. The van der Waals surface area contributed by atoms with Crippen molar-refractivity contribution < 1.29 is 19.5 Å². The van der Waals surface area contributed by atoms with Gasteiger partial charge in [-0.25, -0.2) is 0 Å². The Labute approximate surface area is 180 Å². The molecule has 162 valence electrons. The number of anilines is 1. The van der Waals surface area contributed by atoms with Crippen molar-refractivity contribution in [3.8, 4) is 5.75 Å². The van der Waals surface area contributed by atoms with Gasteiger partial charge in [-0.15, -0.1) is 0 Å². The molecule has 2 aromatic rings. The second kappa shape index (κ2) is 9.34. The maximum Gasteiger partial charge on any atom is 0.257 e. The Balaban J connectivity index is 1.64. The largest absolute Gasteiger partial charge is 0.505 e. The molecule has 1 aliphatic carbocycles. The first-order valence-corrected chi connectivity index (χ1v) is 9.93. The van der Waals surface area contributed by atoms with Crippen LogP contribution < -0.4 is 16.0 Å². The highest BCUT2D eigenvalue weighted by atomic mass is 16.3. The first kappa shape index (κ1) is 21.9. The SMILES string of the molecule is CC(NC(=O)CNC1=C(Nc2cccc(C(=O)N(C)C)c2O)C(=O)C1)c1ccccc1. The summed E-state index contributed by atoms with van der Waals surface area (Å²) in [5.41, 5.74) is 2.23. The van der Waals surface area contributed by atoms with Crippen molar-refractivity contribution in [3.63, 3.8) is 0 Å². The number of benzene rings is 2. The highest BCUT2D eigenvalue weighted by Crippen LogP contribution is 2.32. The number of ketones is 1. The number of phenolic OH excluding ortho intramolecular Hbond substituents is 1. The minimum absolute atomic E-state index is 0.0100. The normalized spacial score (nSPS) is 13.8. The number of amides is 2. The number of hydrogen-bond acceptors (Lipinski definition) is 6. The summed E-state index contributed by atoms with van der Waals surface area (Å²) >= 11 is 0. The quantitative estimate of drug-likeness (QED) is 0.485. The molecule has 31 heavy (non-hydrogen) atoms. The lowest BCUT2D eigenvalue weighted by atomic mass is 9.98. The molecular formula is C23H26N4O4. The monoisotopic (exact) mass is 422 g/mol. The molecular weight excluding hydrogens is 396 g/mol. The van der Waals surface area contributed by atoms with Crippen molar-refractivity contribution in [1.82, 2.24) is 15.5 Å². The molecule has 0 radical (unpaired) electrons. The van der Waals surface area contributed by atoms with Gasteiger partial charge in [0.2, 0.25) is 5.91 Å². The van der Waals surface area contributed by atoms with Gasteiger partial charge in [0.25, 0.3) is 5.91 Å². The van der Waals surface area contributed by atoms with Crippen LogP contribution in [0.4, 0.5) is 5.69 Å². The molecule has 0 saturated carbocycles. The molecule has 0 saturated heterocycles. The number of carbonyl (C=O) groups excluding carboxylic acids is 3. The van der Waals surface area contributed by atoms with E-state index in [0.29, 0.717) is 5.70 Å². The van der Waals surface area contributed by atoms with Gasteiger partial charge in [0, 0.05) is 19.8 Å². The van der Waals surface area contributed by atoms with E-state index in [-0.39, 0.29) is 59.3 Å². The Morgan fingerprint density at radius 2 is 1.81 bits per heavy atom. The van der Waals surface area contributed by atoms with E-state index in [1.165, 1.54) is 11.0 Å². The summed E-state index contributed by atoms with van der Waals surface area (Å²) in [5, 5.41) is 19.2. The van der Waals surface area contributed by atoms with Gasteiger partial charge < -0.3 is 26.0 Å². The Kier molecular flexibility index (Phi) is 6.59. The molecule has 1 unspecified atom stereocenters. The second-order valence-electron chi connectivity index (χ2n) is 7.53. The van der Waals surface area contributed by atoms with Gasteiger partial charge in [-0.05, 0) is 24.6 Å². The second-order valence-corrected chi connectivity index (χ2v) is 7.53. The Morgan fingerprint density at radius 1 is 1.10 bits per heavy atom. The van der Waals surface area contributed by atoms with Crippen LogP contribution in [0.5, 0.6) is 5.75 Å². The highest BCUT2D eigenvalue weighted by molar-refractivity contribution is 6.07. The Hall–Kier alpha value is -3.81. The van der Waals surface area contributed by atoms with Crippen LogP contribution >= 0.6 is 0 Å². The van der Waals surface area contributed by atoms with Crippen LogP contribution in [0.3, 0.4) is 0 Å². The molecule has 0 aromatic heterocycles. The third-order valence-corrected chi connectivity index (χ3v) is 4.99. The van der Waals surface area contributed by atoms with Crippen molar-refractivity contribution in [3.05, 3.63) is 71.1 Å². The van der Waals surface area contributed by atoms with Gasteiger partial charge in [0.05, 0.1) is 30.3 Å². The predicted molar refractivity (Wildman–Crippen MR) is 117 cm³/mol. The lowest BCUT2D eigenvalue weighted by molar-refractivity contribution is -0.121. The first-order valence-electron chi connectivity index (χ1n) is 9.93. The van der Waals surface area contributed by atoms with Crippen LogP contribution in [0.1, 0.15) is 35.3 Å². The van der Waals surface area contributed by atoms with E-state index in [2.05, 4.69) is 16.0 Å². The van der Waals surface area contributed by atoms with E-state index in [4.69, 9.17) is 0 Å². The fraction of sp³-hybridized carbons (Fsp3) is 0.261. The molecule has 1 aliphatic rings. The molecule has 0 fully saturated rings. The molecule has 0 aliphatic heterocycles. The van der Waals surface area contributed by atoms with Crippen LogP contribution in [0, 0.1) is 0 Å². The van der Waals surface area contributed by atoms with Gasteiger partial charge in [-0.3, -0.25) is 14.4 Å². The molecule has 1 atom stereocenters. The highest BCUT2D eigenvalue weighted by Gasteiger charge is 2.29. The molecule has 8 heteroatoms. The fourth-order valence-corrected chi connectivity index (χ4v) is 3.19. The van der Waals surface area contributed by atoms with E-state index >= 15 is 0 Å². The van der Waals surface area contributed by atoms with E-state index in [0.717, 1.165) is 5.56 Å². The number of para-hydroxylation sites is 1. The summed E-state index contributed by atoms with van der Waals surface area (Å²) in [4.78, 5) is 37.9. The Morgan fingerprint density at radius 3 is 2.45 bits per heavy atom. The first-order chi connectivity index (χ1) is 14.8. The molecule has 3 rings (SSSR count). The third-order valence-electron chi connectivity index (χ3n) is 4.99. The van der Waals surface area contributed by atoms with Crippen LogP contribution in [0.25, 0.3) is 0 Å². The fourth-order valence-electron chi connectivity index (χ4n) is 3.19. The smallest absolute Gasteiger partial charge is 0.257 e. The number of aromatic hydroxyl groups is 1. The average Bonchev–Trinajstić information content (AvgIpc) is 2.75. The van der Waals surface area contributed by atoms with Crippen molar-refractivity contribution in [2.75, 3.05) is 26.0 Å². The molecule has 2 aromatic carbocycles. The van der Waals surface area contributed by atoms with Gasteiger partial charge in [0.1, 0.15) is 5.70 Å². The minimum Gasteiger partial charge on any atom is -0.505 e. The molecule has 2 amide bonds. The van der Waals surface area contributed by atoms with Crippen molar-refractivity contribution in [2.45, 2.75) is 19.4 Å². The van der Waals surface area contributed by atoms with E-state index in [1.54, 1.807) is 26.2 Å². The zero-order chi connectivity index (χ0) is 22.5. The topological polar surface area (TPSA) is 111 Å². The van der Waals surface area contributed by atoms with Crippen molar-refractivity contribution >= 4 is 23.3 Å². The minimum atomic E-state index is -0.349. The summed E-state index contributed by atoms with van der Waals surface area (Å²) in [6.07, 6.45) is 0.168. The van der Waals surface area contributed by atoms with Crippen LogP contribution in [-0.4, -0.2) is 48.2 Å². The number of nitrogens with one attached hydrogen (secondary N) is 3. The molecule has 0 bridgehead atoms. The molecule has 0 heterocycles. The standard InChI is InChI=1S/C23H26N4O4/c1-14(15-8-5-4-6-9-15)25-20(29)13-24-18-12-19(28)21(18)26-17-11-7-10-16(22(17)30)23(31)27(2)3/h4-11,14,24,26,30H,12-13H2,1-3H3,(H,25,29). The summed E-state index contributed by atoms with van der Waals surface area (Å²) in [6, 6.07) is 14.2. The number of carbonyl (C=O) groups is 3. The molecule has 8 nitrogen and oxygen atoms in total. The third kappa shape index (κ3) is 5.03. The maximum absolute atomic E-state index is 12.3. The van der Waals surface area contributed by atoms with Gasteiger partial charge in [-0.1, -0.05) is 36.4 Å². The maximum atomic E-state index is 12.3. The number of rotatable bonds is 8. The zero-order valence-corrected chi connectivity index (χ0v) is 17.7. The number of nitrogens with zero attached hydrogens (tertiary/aromatic N) is 1. The zero-order valence-electron chi connectivity index (χ0n) is 17.7. The van der Waals surface area contributed by atoms with Crippen molar-refractivity contribution in [2.24, 2.45) is 0 Å². The summed E-state index contributed by atoms with van der Waals surface area (Å²) < 4.78 is 0. The van der Waals surface area contributed by atoms with E-state index in [9.17, 15) is 19.5 Å². The van der Waals surface area contributed by atoms with Gasteiger partial charge in [-0.2, -0.15) is 0 Å². The van der Waals surface area contributed by atoms with E-state index in [1.807, 2.05) is 37.3 Å². The van der Waals surface area contributed by atoms with Gasteiger partial charge in [0.15, 0.2) is 11.5 Å². The van der Waals surface area contributed by atoms with Crippen LogP contribution in [0.2, 0.25) is 0 Å².